The average Bonchev–Trinajstić information content (AvgIpc) is 2.63. The molecule has 1 aliphatic carbocycles. The van der Waals surface area contributed by atoms with Crippen molar-refractivity contribution in [2.45, 2.75) is 24.8 Å². The van der Waals surface area contributed by atoms with Gasteiger partial charge in [0.2, 0.25) is 6.08 Å². The van der Waals surface area contributed by atoms with Crippen molar-refractivity contribution >= 4 is 27.7 Å². The SMILES string of the molecule is O=C=NC1(c2cccc3sc(=O)oc23)CCC1. The van der Waals surface area contributed by atoms with Gasteiger partial charge >= 0.3 is 4.94 Å². The van der Waals surface area contributed by atoms with Gasteiger partial charge in [-0.25, -0.2) is 9.59 Å². The molecule has 1 saturated carbocycles. The van der Waals surface area contributed by atoms with Gasteiger partial charge in [-0.3, -0.25) is 0 Å². The molecule has 1 aromatic heterocycles. The summed E-state index contributed by atoms with van der Waals surface area (Å²) < 4.78 is 6.01. The van der Waals surface area contributed by atoms with Crippen LogP contribution >= 0.6 is 11.3 Å². The van der Waals surface area contributed by atoms with Crippen LogP contribution in [-0.2, 0) is 10.3 Å². The molecule has 5 heteroatoms. The van der Waals surface area contributed by atoms with Crippen molar-refractivity contribution < 1.29 is 9.21 Å². The summed E-state index contributed by atoms with van der Waals surface area (Å²) in [4.78, 5) is 25.4. The van der Waals surface area contributed by atoms with Crippen LogP contribution in [0.4, 0.5) is 0 Å². The smallest absolute Gasteiger partial charge is 0.396 e. The van der Waals surface area contributed by atoms with E-state index in [4.69, 9.17) is 4.42 Å². The molecule has 1 aliphatic rings. The molecule has 0 bridgehead atoms. The maximum atomic E-state index is 11.3. The van der Waals surface area contributed by atoms with Crippen molar-refractivity contribution in [1.29, 1.82) is 0 Å². The molecule has 0 amide bonds. The summed E-state index contributed by atoms with van der Waals surface area (Å²) in [6, 6.07) is 5.58. The van der Waals surface area contributed by atoms with Crippen LogP contribution in [0.3, 0.4) is 0 Å². The third kappa shape index (κ3) is 1.47. The largest absolute Gasteiger partial charge is 0.414 e. The number of hydrogen-bond donors (Lipinski definition) is 0. The molecule has 1 fully saturated rings. The number of hydrogen-bond acceptors (Lipinski definition) is 5. The lowest BCUT2D eigenvalue weighted by Crippen LogP contribution is -2.32. The van der Waals surface area contributed by atoms with Crippen LogP contribution in [0.5, 0.6) is 0 Å². The molecule has 0 spiro atoms. The van der Waals surface area contributed by atoms with Crippen LogP contribution in [0.25, 0.3) is 10.3 Å². The summed E-state index contributed by atoms with van der Waals surface area (Å²) in [6.07, 6.45) is 4.28. The minimum Gasteiger partial charge on any atom is -0.414 e. The molecule has 0 saturated heterocycles. The summed E-state index contributed by atoms with van der Waals surface area (Å²) in [5, 5.41) is 0. The van der Waals surface area contributed by atoms with E-state index >= 15 is 0 Å². The van der Waals surface area contributed by atoms with E-state index in [0.717, 1.165) is 40.9 Å². The first-order valence-electron chi connectivity index (χ1n) is 5.37. The second-order valence-electron chi connectivity index (χ2n) is 4.18. The summed E-state index contributed by atoms with van der Waals surface area (Å²) in [6.45, 7) is 0. The molecule has 17 heavy (non-hydrogen) atoms. The summed E-state index contributed by atoms with van der Waals surface area (Å²) >= 11 is 1.07. The van der Waals surface area contributed by atoms with E-state index in [0.29, 0.717) is 5.58 Å². The quantitative estimate of drug-likeness (QED) is 0.605. The minimum atomic E-state index is -0.516. The van der Waals surface area contributed by atoms with Crippen molar-refractivity contribution in [3.63, 3.8) is 0 Å². The fraction of sp³-hybridized carbons (Fsp3) is 0.333. The number of aliphatic imine (C=N–C) groups is 1. The van der Waals surface area contributed by atoms with Gasteiger partial charge in [-0.05, 0) is 25.3 Å². The van der Waals surface area contributed by atoms with Crippen molar-refractivity contribution in [2.75, 3.05) is 0 Å². The van der Waals surface area contributed by atoms with Crippen molar-refractivity contribution in [3.05, 3.63) is 33.5 Å². The number of benzene rings is 1. The third-order valence-corrected chi connectivity index (χ3v) is 4.09. The average molecular weight is 247 g/mol. The van der Waals surface area contributed by atoms with Gasteiger partial charge in [-0.15, -0.1) is 0 Å². The molecule has 4 nitrogen and oxygen atoms in total. The van der Waals surface area contributed by atoms with Crippen molar-refractivity contribution in [1.82, 2.24) is 0 Å². The molecule has 0 atom stereocenters. The molecule has 0 unspecified atom stereocenters. The number of fused-ring (bicyclic) bond motifs is 1. The van der Waals surface area contributed by atoms with Crippen LogP contribution in [0, 0.1) is 0 Å². The Bertz CT molecular complexity index is 674. The fourth-order valence-corrected chi connectivity index (χ4v) is 3.00. The second-order valence-corrected chi connectivity index (χ2v) is 5.15. The molecule has 0 aliphatic heterocycles. The number of nitrogens with zero attached hydrogens (tertiary/aromatic N) is 1. The third-order valence-electron chi connectivity index (χ3n) is 3.30. The van der Waals surface area contributed by atoms with E-state index in [2.05, 4.69) is 4.99 Å². The van der Waals surface area contributed by atoms with Crippen LogP contribution in [0.2, 0.25) is 0 Å². The molecular formula is C12H9NO3S. The Labute approximate surface area is 101 Å². The highest BCUT2D eigenvalue weighted by atomic mass is 32.1. The van der Waals surface area contributed by atoms with Crippen LogP contribution < -0.4 is 4.94 Å². The van der Waals surface area contributed by atoms with E-state index in [1.54, 1.807) is 6.08 Å². The number of carbonyl (C=O) groups excluding carboxylic acids is 1. The van der Waals surface area contributed by atoms with E-state index in [1.807, 2.05) is 18.2 Å². The van der Waals surface area contributed by atoms with Gasteiger partial charge in [-0.1, -0.05) is 23.5 Å². The summed E-state index contributed by atoms with van der Waals surface area (Å²) in [7, 11) is 0. The Kier molecular flexibility index (Phi) is 2.24. The lowest BCUT2D eigenvalue weighted by Gasteiger charge is -2.36. The lowest BCUT2D eigenvalue weighted by atomic mass is 9.72. The highest BCUT2D eigenvalue weighted by molar-refractivity contribution is 7.16. The number of rotatable bonds is 2. The monoisotopic (exact) mass is 247 g/mol. The maximum absolute atomic E-state index is 11.3. The predicted molar refractivity (Wildman–Crippen MR) is 64.0 cm³/mol. The highest BCUT2D eigenvalue weighted by Gasteiger charge is 2.41. The van der Waals surface area contributed by atoms with Gasteiger partial charge in [0.15, 0.2) is 5.58 Å². The van der Waals surface area contributed by atoms with E-state index in [9.17, 15) is 9.59 Å². The van der Waals surface area contributed by atoms with Crippen LogP contribution in [0.1, 0.15) is 24.8 Å². The zero-order valence-corrected chi connectivity index (χ0v) is 9.75. The molecule has 86 valence electrons. The van der Waals surface area contributed by atoms with Gasteiger partial charge in [0.1, 0.15) is 5.54 Å². The van der Waals surface area contributed by atoms with Gasteiger partial charge in [0, 0.05) is 5.56 Å². The number of isocyanates is 1. The van der Waals surface area contributed by atoms with Gasteiger partial charge in [0.25, 0.3) is 0 Å². The Balaban J connectivity index is 2.29. The molecular weight excluding hydrogens is 238 g/mol. The van der Waals surface area contributed by atoms with Gasteiger partial charge in [-0.2, -0.15) is 4.99 Å². The Hall–Kier alpha value is -1.71. The summed E-state index contributed by atoms with van der Waals surface area (Å²) in [5.41, 5.74) is 0.891. The van der Waals surface area contributed by atoms with Crippen molar-refractivity contribution in [3.8, 4) is 0 Å². The highest BCUT2D eigenvalue weighted by Crippen LogP contribution is 2.47. The Morgan fingerprint density at radius 2 is 2.24 bits per heavy atom. The van der Waals surface area contributed by atoms with Crippen LogP contribution in [0.15, 0.2) is 32.4 Å². The van der Waals surface area contributed by atoms with Crippen LogP contribution in [-0.4, -0.2) is 6.08 Å². The zero-order chi connectivity index (χ0) is 11.9. The van der Waals surface area contributed by atoms with E-state index < -0.39 is 5.54 Å². The molecule has 0 N–H and O–H groups in total. The van der Waals surface area contributed by atoms with Gasteiger partial charge < -0.3 is 4.42 Å². The lowest BCUT2D eigenvalue weighted by molar-refractivity contribution is 0.255. The normalized spacial score (nSPS) is 17.4. The van der Waals surface area contributed by atoms with Gasteiger partial charge in [0.05, 0.1) is 4.70 Å². The fourth-order valence-electron chi connectivity index (χ4n) is 2.30. The Morgan fingerprint density at radius 3 is 2.88 bits per heavy atom. The molecule has 1 heterocycles. The molecule has 3 rings (SSSR count). The first-order valence-corrected chi connectivity index (χ1v) is 6.19. The van der Waals surface area contributed by atoms with E-state index in [-0.39, 0.29) is 4.94 Å². The standard InChI is InChI=1S/C12H9NO3S/c14-7-13-12(5-2-6-12)8-3-1-4-9-10(8)16-11(15)17-9/h1,3-4H,2,5-6H2. The minimum absolute atomic E-state index is 0.322. The predicted octanol–water partition coefficient (Wildman–Crippen LogP) is 2.57. The zero-order valence-electron chi connectivity index (χ0n) is 8.93. The number of para-hydroxylation sites is 1. The molecule has 2 aromatic rings. The first kappa shape index (κ1) is 10.4. The topological polar surface area (TPSA) is 59.6 Å². The Morgan fingerprint density at radius 1 is 1.41 bits per heavy atom. The summed E-state index contributed by atoms with van der Waals surface area (Å²) in [5.74, 6) is 0. The van der Waals surface area contributed by atoms with Crippen molar-refractivity contribution in [2.24, 2.45) is 4.99 Å². The van der Waals surface area contributed by atoms with E-state index in [1.165, 1.54) is 0 Å². The second kappa shape index (κ2) is 3.65. The maximum Gasteiger partial charge on any atom is 0.396 e. The first-order chi connectivity index (χ1) is 8.25. The molecule has 0 radical (unpaired) electrons. The molecule has 1 aromatic carbocycles.